The molecule has 0 heterocycles. The van der Waals surface area contributed by atoms with Gasteiger partial charge in [0.1, 0.15) is 11.6 Å². The van der Waals surface area contributed by atoms with Gasteiger partial charge in [-0.1, -0.05) is 6.07 Å². The van der Waals surface area contributed by atoms with Gasteiger partial charge < -0.3 is 9.84 Å². The summed E-state index contributed by atoms with van der Waals surface area (Å²) in [6.45, 7) is -0.123. The second kappa shape index (κ2) is 3.54. The molecule has 0 radical (unpaired) electrons. The highest BCUT2D eigenvalue weighted by Gasteiger charge is 2.44. The first-order valence-corrected chi connectivity index (χ1v) is 4.77. The molecule has 0 bridgehead atoms. The van der Waals surface area contributed by atoms with Crippen LogP contribution in [0.1, 0.15) is 24.0 Å². The highest BCUT2D eigenvalue weighted by Crippen LogP contribution is 2.46. The van der Waals surface area contributed by atoms with Crippen LogP contribution in [-0.2, 0) is 16.9 Å². The first-order chi connectivity index (χ1) is 7.08. The fourth-order valence-electron chi connectivity index (χ4n) is 1.62. The molecule has 0 unspecified atom stereocenters. The van der Waals surface area contributed by atoms with E-state index in [0.29, 0.717) is 12.8 Å². The van der Waals surface area contributed by atoms with Crippen LogP contribution in [0.15, 0.2) is 12.1 Å². The molecule has 1 fully saturated rings. The second-order valence-electron chi connectivity index (χ2n) is 3.85. The summed E-state index contributed by atoms with van der Waals surface area (Å²) in [5.74, 6) is -1.32. The Bertz CT molecular complexity index is 386. The highest BCUT2D eigenvalue weighted by atomic mass is 19.1. The van der Waals surface area contributed by atoms with Crippen LogP contribution in [0, 0.1) is 11.6 Å². The maximum absolute atomic E-state index is 13.8. The van der Waals surface area contributed by atoms with Gasteiger partial charge in [-0.3, -0.25) is 0 Å². The largest absolute Gasteiger partial charge is 0.385 e. The number of halogens is 2. The molecule has 0 spiro atoms. The highest BCUT2D eigenvalue weighted by molar-refractivity contribution is 5.34. The van der Waals surface area contributed by atoms with Crippen molar-refractivity contribution in [1.29, 1.82) is 0 Å². The molecule has 2 nitrogen and oxygen atoms in total. The van der Waals surface area contributed by atoms with E-state index in [2.05, 4.69) is 0 Å². The van der Waals surface area contributed by atoms with E-state index in [1.54, 1.807) is 0 Å². The molecule has 1 N–H and O–H groups in total. The lowest BCUT2D eigenvalue weighted by molar-refractivity contribution is 0.143. The lowest BCUT2D eigenvalue weighted by Gasteiger charge is -2.12. The Morgan fingerprint density at radius 3 is 2.60 bits per heavy atom. The molecule has 15 heavy (non-hydrogen) atoms. The Kier molecular flexibility index (Phi) is 2.48. The van der Waals surface area contributed by atoms with Gasteiger partial charge in [0.05, 0.1) is 12.2 Å². The average molecular weight is 214 g/mol. The Morgan fingerprint density at radius 2 is 2.07 bits per heavy atom. The van der Waals surface area contributed by atoms with Gasteiger partial charge in [-0.05, 0) is 18.9 Å². The van der Waals surface area contributed by atoms with E-state index in [-0.39, 0.29) is 17.7 Å². The second-order valence-corrected chi connectivity index (χ2v) is 3.85. The first kappa shape index (κ1) is 10.5. The van der Waals surface area contributed by atoms with E-state index in [0.717, 1.165) is 0 Å². The van der Waals surface area contributed by atoms with Crippen molar-refractivity contribution in [3.05, 3.63) is 34.9 Å². The maximum Gasteiger partial charge on any atom is 0.137 e. The Hall–Kier alpha value is -1.00. The van der Waals surface area contributed by atoms with Crippen LogP contribution in [0.5, 0.6) is 0 Å². The molecule has 4 heteroatoms. The summed E-state index contributed by atoms with van der Waals surface area (Å²) >= 11 is 0. The zero-order valence-electron chi connectivity index (χ0n) is 8.39. The van der Waals surface area contributed by atoms with Gasteiger partial charge in [0, 0.05) is 18.2 Å². The third-order valence-corrected chi connectivity index (χ3v) is 2.70. The van der Waals surface area contributed by atoms with E-state index in [1.165, 1.54) is 19.2 Å². The number of methoxy groups -OCH3 is 1. The molecule has 2 rings (SSSR count). The minimum Gasteiger partial charge on any atom is -0.385 e. The van der Waals surface area contributed by atoms with Crippen LogP contribution in [0.4, 0.5) is 8.78 Å². The van der Waals surface area contributed by atoms with Gasteiger partial charge in [0.15, 0.2) is 0 Å². The van der Waals surface area contributed by atoms with E-state index in [1.807, 2.05) is 0 Å². The molecule has 1 aromatic carbocycles. The Balaban J connectivity index is 2.45. The van der Waals surface area contributed by atoms with Crippen molar-refractivity contribution in [3.8, 4) is 0 Å². The fourth-order valence-corrected chi connectivity index (χ4v) is 1.62. The molecule has 0 atom stereocenters. The molecule has 1 aliphatic rings. The van der Waals surface area contributed by atoms with E-state index >= 15 is 0 Å². The average Bonchev–Trinajstić information content (AvgIpc) is 2.91. The smallest absolute Gasteiger partial charge is 0.137 e. The quantitative estimate of drug-likeness (QED) is 0.834. The molecule has 1 aliphatic carbocycles. The SMILES string of the molecule is COCc1c(F)ccc(C2(O)CC2)c1F. The lowest BCUT2D eigenvalue weighted by atomic mass is 10.0. The van der Waals surface area contributed by atoms with Crippen molar-refractivity contribution in [2.24, 2.45) is 0 Å². The third kappa shape index (κ3) is 1.75. The number of ether oxygens (including phenoxy) is 1. The van der Waals surface area contributed by atoms with Crippen LogP contribution in [0.2, 0.25) is 0 Å². The van der Waals surface area contributed by atoms with Gasteiger partial charge in [-0.15, -0.1) is 0 Å². The molecule has 1 saturated carbocycles. The molecule has 0 aliphatic heterocycles. The number of benzene rings is 1. The van der Waals surface area contributed by atoms with Crippen molar-refractivity contribution >= 4 is 0 Å². The minimum absolute atomic E-state index is 0.115. The summed E-state index contributed by atoms with van der Waals surface area (Å²) in [7, 11) is 1.37. The van der Waals surface area contributed by atoms with Gasteiger partial charge in [0.25, 0.3) is 0 Å². The van der Waals surface area contributed by atoms with Gasteiger partial charge in [-0.2, -0.15) is 0 Å². The van der Waals surface area contributed by atoms with Crippen LogP contribution in [-0.4, -0.2) is 12.2 Å². The first-order valence-electron chi connectivity index (χ1n) is 4.77. The summed E-state index contributed by atoms with van der Waals surface area (Å²) in [5.41, 5.74) is -1.02. The summed E-state index contributed by atoms with van der Waals surface area (Å²) < 4.78 is 31.7. The fraction of sp³-hybridized carbons (Fsp3) is 0.455. The summed E-state index contributed by atoms with van der Waals surface area (Å²) in [4.78, 5) is 0. The number of hydrogen-bond acceptors (Lipinski definition) is 2. The minimum atomic E-state index is -1.08. The standard InChI is InChI=1S/C11H12F2O2/c1-15-6-7-9(12)3-2-8(10(7)13)11(14)4-5-11/h2-3,14H,4-6H2,1H3. The van der Waals surface area contributed by atoms with E-state index in [9.17, 15) is 13.9 Å². The van der Waals surface area contributed by atoms with E-state index in [4.69, 9.17) is 4.74 Å². The zero-order valence-corrected chi connectivity index (χ0v) is 8.39. The van der Waals surface area contributed by atoms with Crippen molar-refractivity contribution in [3.63, 3.8) is 0 Å². The summed E-state index contributed by atoms with van der Waals surface area (Å²) in [6.07, 6.45) is 1.06. The zero-order chi connectivity index (χ0) is 11.1. The number of rotatable bonds is 3. The number of aliphatic hydroxyl groups is 1. The normalized spacial score (nSPS) is 17.9. The Labute approximate surface area is 86.5 Å². The van der Waals surface area contributed by atoms with Crippen LogP contribution < -0.4 is 0 Å². The molecule has 1 aromatic rings. The van der Waals surface area contributed by atoms with E-state index < -0.39 is 17.2 Å². The molecule has 0 aromatic heterocycles. The molecule has 0 saturated heterocycles. The Morgan fingerprint density at radius 1 is 1.40 bits per heavy atom. The monoisotopic (exact) mass is 214 g/mol. The lowest BCUT2D eigenvalue weighted by Crippen LogP contribution is -2.11. The predicted octanol–water partition coefficient (Wildman–Crippen LogP) is 2.09. The van der Waals surface area contributed by atoms with Crippen LogP contribution in [0.25, 0.3) is 0 Å². The summed E-state index contributed by atoms with van der Waals surface area (Å²) in [6, 6.07) is 2.47. The maximum atomic E-state index is 13.8. The van der Waals surface area contributed by atoms with Crippen molar-refractivity contribution in [1.82, 2.24) is 0 Å². The molecular formula is C11H12F2O2. The van der Waals surface area contributed by atoms with Crippen molar-refractivity contribution in [2.75, 3.05) is 7.11 Å². The van der Waals surface area contributed by atoms with Crippen LogP contribution in [0.3, 0.4) is 0 Å². The van der Waals surface area contributed by atoms with Gasteiger partial charge >= 0.3 is 0 Å². The van der Waals surface area contributed by atoms with Gasteiger partial charge in [-0.25, -0.2) is 8.78 Å². The van der Waals surface area contributed by atoms with Crippen molar-refractivity contribution < 1.29 is 18.6 Å². The van der Waals surface area contributed by atoms with Crippen molar-refractivity contribution in [2.45, 2.75) is 25.0 Å². The third-order valence-electron chi connectivity index (χ3n) is 2.70. The summed E-state index contributed by atoms with van der Waals surface area (Å²) in [5, 5.41) is 9.76. The molecular weight excluding hydrogens is 202 g/mol. The molecule has 82 valence electrons. The molecule has 0 amide bonds. The topological polar surface area (TPSA) is 29.5 Å². The van der Waals surface area contributed by atoms with Crippen LogP contribution >= 0.6 is 0 Å². The predicted molar refractivity (Wildman–Crippen MR) is 50.2 cm³/mol. The van der Waals surface area contributed by atoms with Gasteiger partial charge in [0.2, 0.25) is 0 Å². The number of hydrogen-bond donors (Lipinski definition) is 1.